The minimum Gasteiger partial charge on any atom is -0.458 e. The third-order valence-corrected chi connectivity index (χ3v) is 7.03. The molecule has 6 nitrogen and oxygen atoms in total. The van der Waals surface area contributed by atoms with Crippen molar-refractivity contribution in [1.29, 1.82) is 0 Å². The van der Waals surface area contributed by atoms with Crippen molar-refractivity contribution in [1.82, 2.24) is 9.88 Å². The van der Waals surface area contributed by atoms with Gasteiger partial charge in [0.2, 0.25) is 0 Å². The summed E-state index contributed by atoms with van der Waals surface area (Å²) in [6.07, 6.45) is 6.12. The molecule has 1 saturated heterocycles. The zero-order valence-corrected chi connectivity index (χ0v) is 21.5. The first-order valence-corrected chi connectivity index (χ1v) is 12.8. The summed E-state index contributed by atoms with van der Waals surface area (Å²) in [7, 11) is 0. The highest BCUT2D eigenvalue weighted by Gasteiger charge is 2.20. The van der Waals surface area contributed by atoms with Gasteiger partial charge >= 0.3 is 0 Å². The molecule has 1 fully saturated rings. The van der Waals surface area contributed by atoms with E-state index in [0.29, 0.717) is 23.7 Å². The van der Waals surface area contributed by atoms with Gasteiger partial charge in [-0.1, -0.05) is 19.9 Å². The average molecular weight is 506 g/mol. The lowest BCUT2D eigenvalue weighted by atomic mass is 10.0. The molecule has 1 aromatic heterocycles. The highest BCUT2D eigenvalue weighted by molar-refractivity contribution is 6.04. The van der Waals surface area contributed by atoms with Gasteiger partial charge in [0.1, 0.15) is 11.6 Å². The van der Waals surface area contributed by atoms with Crippen LogP contribution in [0.2, 0.25) is 0 Å². The van der Waals surface area contributed by atoms with Crippen molar-refractivity contribution in [2.24, 2.45) is 10.9 Å². The molecule has 8 heteroatoms. The topological polar surface area (TPSA) is 55.9 Å². The molecule has 2 aliphatic rings. The molecule has 2 N–H and O–H groups in total. The van der Waals surface area contributed by atoms with E-state index in [2.05, 4.69) is 44.1 Å². The maximum absolute atomic E-state index is 15.2. The van der Waals surface area contributed by atoms with Gasteiger partial charge in [-0.2, -0.15) is 0 Å². The number of aromatic amines is 1. The Hall–Kier alpha value is -3.65. The van der Waals surface area contributed by atoms with Crippen LogP contribution in [0.4, 0.5) is 20.2 Å². The van der Waals surface area contributed by atoms with Gasteiger partial charge in [0.05, 0.1) is 5.52 Å². The van der Waals surface area contributed by atoms with E-state index in [9.17, 15) is 4.39 Å². The van der Waals surface area contributed by atoms with Gasteiger partial charge in [0.15, 0.2) is 17.4 Å². The number of nitrogens with zero attached hydrogens (tertiary/aromatic N) is 3. The average Bonchev–Trinajstić information content (AvgIpc) is 3.31. The number of aryl methyl sites for hydroxylation is 1. The Morgan fingerprint density at radius 1 is 1.11 bits per heavy atom. The Labute approximate surface area is 216 Å². The molecule has 2 aliphatic heterocycles. The molecule has 0 bridgehead atoms. The van der Waals surface area contributed by atoms with Crippen LogP contribution in [0.25, 0.3) is 10.9 Å². The van der Waals surface area contributed by atoms with E-state index in [1.807, 2.05) is 25.1 Å². The van der Waals surface area contributed by atoms with E-state index in [-0.39, 0.29) is 22.6 Å². The maximum atomic E-state index is 15.2. The van der Waals surface area contributed by atoms with Gasteiger partial charge < -0.3 is 24.8 Å². The van der Waals surface area contributed by atoms with Gasteiger partial charge in [0.25, 0.3) is 0 Å². The predicted molar refractivity (Wildman–Crippen MR) is 146 cm³/mol. The lowest BCUT2D eigenvalue weighted by molar-refractivity contribution is 0.271. The SMILES string of the molecule is CCN1CCN(c2ccc(NC3=N/C=C/CC(C)/C(Oc4cc(F)c5[nH]c(C)cc5c4F)=C\3)cc2)CC1. The molecule has 0 aliphatic carbocycles. The van der Waals surface area contributed by atoms with Crippen LogP contribution in [0.1, 0.15) is 26.0 Å². The van der Waals surface area contributed by atoms with E-state index < -0.39 is 11.6 Å². The van der Waals surface area contributed by atoms with Crippen molar-refractivity contribution in [3.8, 4) is 5.75 Å². The van der Waals surface area contributed by atoms with Gasteiger partial charge in [0, 0.05) is 72.9 Å². The zero-order valence-electron chi connectivity index (χ0n) is 21.5. The van der Waals surface area contributed by atoms with Gasteiger partial charge in [-0.3, -0.25) is 0 Å². The van der Waals surface area contributed by atoms with E-state index in [4.69, 9.17) is 4.74 Å². The van der Waals surface area contributed by atoms with E-state index >= 15 is 4.39 Å². The number of aromatic nitrogens is 1. The maximum Gasteiger partial charge on any atom is 0.175 e. The summed E-state index contributed by atoms with van der Waals surface area (Å²) in [5, 5.41) is 3.51. The molecule has 3 aromatic rings. The number of nitrogens with one attached hydrogen (secondary N) is 2. The van der Waals surface area contributed by atoms with Crippen molar-refractivity contribution in [2.75, 3.05) is 42.9 Å². The lowest BCUT2D eigenvalue weighted by Gasteiger charge is -2.35. The zero-order chi connectivity index (χ0) is 25.9. The van der Waals surface area contributed by atoms with Crippen molar-refractivity contribution in [3.63, 3.8) is 0 Å². The van der Waals surface area contributed by atoms with Crippen LogP contribution in [-0.4, -0.2) is 48.4 Å². The molecule has 194 valence electrons. The Kier molecular flexibility index (Phi) is 7.28. The molecule has 0 amide bonds. The van der Waals surface area contributed by atoms with E-state index in [1.165, 1.54) is 5.69 Å². The molecule has 2 aromatic carbocycles. The molecule has 1 unspecified atom stereocenters. The Morgan fingerprint density at radius 3 is 2.59 bits per heavy atom. The Balaban J connectivity index is 1.35. The summed E-state index contributed by atoms with van der Waals surface area (Å²) in [5.74, 6) is -0.278. The van der Waals surface area contributed by atoms with Gasteiger partial charge in [-0.25, -0.2) is 13.8 Å². The summed E-state index contributed by atoms with van der Waals surface area (Å²) >= 11 is 0. The van der Waals surface area contributed by atoms with Crippen LogP contribution in [0.5, 0.6) is 5.75 Å². The number of allylic oxidation sites excluding steroid dienone is 2. The van der Waals surface area contributed by atoms with Crippen molar-refractivity contribution in [2.45, 2.75) is 27.2 Å². The number of halogens is 2. The van der Waals surface area contributed by atoms with E-state index in [1.54, 1.807) is 25.3 Å². The standard InChI is InChI=1S/C29H33F2N5O/c1-4-35-12-14-36(15-13-35)22-9-7-21(8-10-22)34-27-18-25(19(2)6-5-11-32-27)37-26-17-24(30)29-23(28(26)31)16-20(3)33-29/h5,7-11,16-19,33H,4,6,12-15H2,1-3H3,(H,32,34)/b11-5+,25-18+. The first kappa shape index (κ1) is 25.0. The van der Waals surface area contributed by atoms with Crippen LogP contribution in [0, 0.1) is 24.5 Å². The quantitative estimate of drug-likeness (QED) is 0.432. The number of piperazine rings is 1. The van der Waals surface area contributed by atoms with Gasteiger partial charge in [-0.05, 0) is 50.2 Å². The van der Waals surface area contributed by atoms with Crippen LogP contribution in [-0.2, 0) is 0 Å². The fraction of sp³-hybridized carbons (Fsp3) is 0.345. The summed E-state index contributed by atoms with van der Waals surface area (Å²) in [6.45, 7) is 11.2. The first-order valence-electron chi connectivity index (χ1n) is 12.8. The number of amidine groups is 1. The number of benzene rings is 2. The van der Waals surface area contributed by atoms with Crippen molar-refractivity contribution < 1.29 is 13.5 Å². The third-order valence-electron chi connectivity index (χ3n) is 7.03. The van der Waals surface area contributed by atoms with Crippen LogP contribution < -0.4 is 15.0 Å². The summed E-state index contributed by atoms with van der Waals surface area (Å²) in [6, 6.07) is 11.0. The van der Waals surface area contributed by atoms with Crippen molar-refractivity contribution >= 4 is 28.1 Å². The van der Waals surface area contributed by atoms with Crippen LogP contribution in [0.15, 0.2) is 65.5 Å². The number of aliphatic imine (C=N–C) groups is 1. The molecule has 1 atom stereocenters. The summed E-state index contributed by atoms with van der Waals surface area (Å²) in [5.41, 5.74) is 2.90. The minimum atomic E-state index is -0.590. The Morgan fingerprint density at radius 2 is 1.86 bits per heavy atom. The fourth-order valence-corrected chi connectivity index (χ4v) is 4.79. The molecular weight excluding hydrogens is 472 g/mol. The van der Waals surface area contributed by atoms with Crippen LogP contribution >= 0.6 is 0 Å². The number of ether oxygens (including phenoxy) is 1. The number of anilines is 2. The molecule has 0 spiro atoms. The minimum absolute atomic E-state index is 0.0566. The summed E-state index contributed by atoms with van der Waals surface area (Å²) < 4.78 is 35.8. The number of fused-ring (bicyclic) bond motifs is 1. The monoisotopic (exact) mass is 505 g/mol. The largest absolute Gasteiger partial charge is 0.458 e. The number of likely N-dealkylation sites (N-methyl/N-ethyl adjacent to an activating group) is 1. The van der Waals surface area contributed by atoms with Crippen LogP contribution in [0.3, 0.4) is 0 Å². The summed E-state index contributed by atoms with van der Waals surface area (Å²) in [4.78, 5) is 12.2. The highest BCUT2D eigenvalue weighted by atomic mass is 19.1. The second-order valence-corrected chi connectivity index (χ2v) is 9.69. The first-order chi connectivity index (χ1) is 17.9. The number of rotatable bonds is 5. The second kappa shape index (κ2) is 10.8. The van der Waals surface area contributed by atoms with Gasteiger partial charge in [-0.15, -0.1) is 0 Å². The second-order valence-electron chi connectivity index (χ2n) is 9.69. The highest BCUT2D eigenvalue weighted by Crippen LogP contribution is 2.32. The third kappa shape index (κ3) is 5.54. The smallest absolute Gasteiger partial charge is 0.175 e. The molecule has 0 saturated carbocycles. The lowest BCUT2D eigenvalue weighted by Crippen LogP contribution is -2.46. The molecule has 0 radical (unpaired) electrons. The normalized spacial score (nSPS) is 22.5. The Bertz CT molecular complexity index is 1350. The predicted octanol–water partition coefficient (Wildman–Crippen LogP) is 6.22. The molecular formula is C29H33F2N5O. The van der Waals surface area contributed by atoms with Crippen molar-refractivity contribution in [3.05, 3.63) is 77.8 Å². The molecule has 37 heavy (non-hydrogen) atoms. The number of hydrogen-bond donors (Lipinski definition) is 2. The number of hydrogen-bond acceptors (Lipinski definition) is 5. The van der Waals surface area contributed by atoms with E-state index in [0.717, 1.165) is 44.5 Å². The molecule has 3 heterocycles. The fourth-order valence-electron chi connectivity index (χ4n) is 4.79. The molecule has 5 rings (SSSR count). The number of H-pyrrole nitrogens is 1.